The lowest BCUT2D eigenvalue weighted by Crippen LogP contribution is -2.33. The van der Waals surface area contributed by atoms with Gasteiger partial charge in [0.2, 0.25) is 0 Å². The summed E-state index contributed by atoms with van der Waals surface area (Å²) in [5.74, 6) is 1.43. The first-order chi connectivity index (χ1) is 28.2. The molecule has 2 heterocycles. The molecule has 57 heavy (non-hydrogen) atoms. The van der Waals surface area contributed by atoms with Crippen molar-refractivity contribution in [2.75, 3.05) is 0 Å². The summed E-state index contributed by atoms with van der Waals surface area (Å²) in [5.41, 5.74) is 11.5. The zero-order valence-electron chi connectivity index (χ0n) is 30.9. The van der Waals surface area contributed by atoms with Crippen LogP contribution in [0.3, 0.4) is 0 Å². The molecule has 0 aliphatic carbocycles. The number of hydrogen-bond donors (Lipinski definition) is 1. The second kappa shape index (κ2) is 13.6. The van der Waals surface area contributed by atoms with Gasteiger partial charge in [-0.15, -0.1) is 0 Å². The number of aliphatic imine (C=N–C) groups is 2. The molecule has 11 rings (SSSR count). The van der Waals surface area contributed by atoms with Gasteiger partial charge in [-0.25, -0.2) is 9.98 Å². The Balaban J connectivity index is 1.05. The van der Waals surface area contributed by atoms with E-state index in [0.29, 0.717) is 5.84 Å². The Hall–Kier alpha value is -7.56. The van der Waals surface area contributed by atoms with Crippen LogP contribution in [0.15, 0.2) is 215 Å². The maximum absolute atomic E-state index is 6.72. The van der Waals surface area contributed by atoms with Gasteiger partial charge in [-0.3, -0.25) is 0 Å². The van der Waals surface area contributed by atoms with Crippen LogP contribution in [0.5, 0.6) is 0 Å². The molecule has 4 heteroatoms. The van der Waals surface area contributed by atoms with Gasteiger partial charge in [0.1, 0.15) is 23.2 Å². The lowest BCUT2D eigenvalue weighted by atomic mass is 9.96. The first-order valence-electron chi connectivity index (χ1n) is 19.3. The third-order valence-corrected chi connectivity index (χ3v) is 11.2. The number of benzene rings is 9. The van der Waals surface area contributed by atoms with Crippen molar-refractivity contribution in [3.8, 4) is 33.4 Å². The van der Waals surface area contributed by atoms with Crippen LogP contribution in [-0.2, 0) is 0 Å². The molecule has 4 nitrogen and oxygen atoms in total. The Morgan fingerprint density at radius 1 is 0.421 bits per heavy atom. The molecule has 0 saturated heterocycles. The van der Waals surface area contributed by atoms with Crippen LogP contribution in [0.4, 0.5) is 0 Å². The number of fused-ring (bicyclic) bond motifs is 5. The van der Waals surface area contributed by atoms with E-state index in [2.05, 4.69) is 187 Å². The van der Waals surface area contributed by atoms with Crippen molar-refractivity contribution in [2.24, 2.45) is 9.98 Å². The minimum Gasteiger partial charge on any atom is -0.455 e. The zero-order chi connectivity index (χ0) is 37.7. The van der Waals surface area contributed by atoms with E-state index in [4.69, 9.17) is 14.4 Å². The lowest BCUT2D eigenvalue weighted by molar-refractivity contribution is 0.669. The number of hydrogen-bond acceptors (Lipinski definition) is 4. The summed E-state index contributed by atoms with van der Waals surface area (Å²) in [6, 6.07) is 70.5. The Labute approximate surface area is 330 Å². The van der Waals surface area contributed by atoms with Gasteiger partial charge in [-0.2, -0.15) is 0 Å². The maximum atomic E-state index is 6.72. The molecule has 9 aromatic carbocycles. The van der Waals surface area contributed by atoms with E-state index in [1.807, 2.05) is 18.2 Å². The highest BCUT2D eigenvalue weighted by molar-refractivity contribution is 6.23. The van der Waals surface area contributed by atoms with Crippen LogP contribution in [0.1, 0.15) is 22.9 Å². The number of rotatable bonds is 6. The van der Waals surface area contributed by atoms with Crippen molar-refractivity contribution in [3.63, 3.8) is 0 Å². The van der Waals surface area contributed by atoms with E-state index in [9.17, 15) is 0 Å². The summed E-state index contributed by atoms with van der Waals surface area (Å²) >= 11 is 0. The van der Waals surface area contributed by atoms with Crippen LogP contribution in [0.2, 0.25) is 0 Å². The Morgan fingerprint density at radius 2 is 1.04 bits per heavy atom. The summed E-state index contributed by atoms with van der Waals surface area (Å²) in [7, 11) is 0. The van der Waals surface area contributed by atoms with Gasteiger partial charge < -0.3 is 9.73 Å². The minimum absolute atomic E-state index is 0.376. The molecule has 1 N–H and O–H groups in total. The van der Waals surface area contributed by atoms with Crippen molar-refractivity contribution in [1.82, 2.24) is 5.32 Å². The van der Waals surface area contributed by atoms with Crippen LogP contribution < -0.4 is 5.32 Å². The summed E-state index contributed by atoms with van der Waals surface area (Å²) < 4.78 is 6.72. The highest BCUT2D eigenvalue weighted by Gasteiger charge is 2.25. The molecule has 0 bridgehead atoms. The quantitative estimate of drug-likeness (QED) is 0.185. The van der Waals surface area contributed by atoms with Crippen LogP contribution >= 0.6 is 0 Å². The molecule has 0 fully saturated rings. The summed E-state index contributed by atoms with van der Waals surface area (Å²) in [5, 5.41) is 10.6. The van der Waals surface area contributed by atoms with Gasteiger partial charge >= 0.3 is 0 Å². The second-order valence-electron chi connectivity index (χ2n) is 14.6. The van der Waals surface area contributed by atoms with Crippen molar-refractivity contribution >= 4 is 55.2 Å². The topological polar surface area (TPSA) is 49.9 Å². The maximum Gasteiger partial charge on any atom is 0.160 e. The number of furan rings is 1. The van der Waals surface area contributed by atoms with E-state index < -0.39 is 0 Å². The van der Waals surface area contributed by atoms with Gasteiger partial charge in [0.05, 0.1) is 0 Å². The molecule has 1 atom stereocenters. The highest BCUT2D eigenvalue weighted by atomic mass is 16.3. The van der Waals surface area contributed by atoms with E-state index in [0.717, 1.165) is 66.5 Å². The van der Waals surface area contributed by atoms with Crippen molar-refractivity contribution in [1.29, 1.82) is 0 Å². The molecule has 268 valence electrons. The Bertz CT molecular complexity index is 3190. The Morgan fingerprint density at radius 3 is 1.88 bits per heavy atom. The molecule has 1 aliphatic heterocycles. The predicted octanol–water partition coefficient (Wildman–Crippen LogP) is 13.4. The van der Waals surface area contributed by atoms with Gasteiger partial charge in [0.25, 0.3) is 0 Å². The molecule has 1 unspecified atom stereocenters. The van der Waals surface area contributed by atoms with E-state index >= 15 is 0 Å². The largest absolute Gasteiger partial charge is 0.455 e. The summed E-state index contributed by atoms with van der Waals surface area (Å²) in [6.07, 6.45) is -0.376. The monoisotopic (exact) mass is 729 g/mol. The molecule has 0 radical (unpaired) electrons. The van der Waals surface area contributed by atoms with Gasteiger partial charge in [0, 0.05) is 27.5 Å². The fraction of sp³-hybridized carbons (Fsp3) is 0.0189. The molecule has 0 amide bonds. The Kier molecular flexibility index (Phi) is 7.85. The molecule has 1 aromatic heterocycles. The zero-order valence-corrected chi connectivity index (χ0v) is 30.9. The number of para-hydroxylation sites is 1. The first-order valence-corrected chi connectivity index (χ1v) is 19.3. The van der Waals surface area contributed by atoms with E-state index in [-0.39, 0.29) is 6.17 Å². The SMILES string of the molecule is c1ccc(-c2ccc(-c3ccc(C4=NC(c5ccc(-c6cccc7ccccc67)cc5)NC(c5ccc6ccccc6c5)=N4)c4c3oc3ccccc34)cc2)cc1. The van der Waals surface area contributed by atoms with E-state index in [1.165, 1.54) is 32.8 Å². The standard InChI is InChI=1S/C53H35N3O/c1-2-11-34(12-3-1)36-21-24-39(25-22-36)45-31-32-47(49-46-18-8-9-20-48(46)57-50(45)49)53-55-51(54-52(56-53)42-30-23-35-13-4-5-15-41(35)33-42)40-28-26-38(27-29-40)44-19-10-16-37-14-6-7-17-43(37)44/h1-33,51H,(H,54,55,56). The summed E-state index contributed by atoms with van der Waals surface area (Å²) in [6.45, 7) is 0. The molecular weight excluding hydrogens is 695 g/mol. The predicted molar refractivity (Wildman–Crippen MR) is 237 cm³/mol. The first kappa shape index (κ1) is 32.8. The molecule has 0 spiro atoms. The van der Waals surface area contributed by atoms with Gasteiger partial charge in [-0.05, 0) is 79.2 Å². The van der Waals surface area contributed by atoms with Crippen molar-refractivity contribution in [3.05, 3.63) is 217 Å². The van der Waals surface area contributed by atoms with Crippen LogP contribution in [0, 0.1) is 0 Å². The lowest BCUT2D eigenvalue weighted by Gasteiger charge is -2.24. The summed E-state index contributed by atoms with van der Waals surface area (Å²) in [4.78, 5) is 10.7. The number of nitrogens with one attached hydrogen (secondary N) is 1. The smallest absolute Gasteiger partial charge is 0.160 e. The highest BCUT2D eigenvalue weighted by Crippen LogP contribution is 2.40. The minimum atomic E-state index is -0.376. The van der Waals surface area contributed by atoms with Crippen molar-refractivity contribution in [2.45, 2.75) is 6.17 Å². The number of amidine groups is 2. The van der Waals surface area contributed by atoms with Crippen molar-refractivity contribution < 1.29 is 4.42 Å². The van der Waals surface area contributed by atoms with E-state index in [1.54, 1.807) is 0 Å². The molecule has 1 aliphatic rings. The van der Waals surface area contributed by atoms with Crippen LogP contribution in [0.25, 0.3) is 76.9 Å². The fourth-order valence-electron chi connectivity index (χ4n) is 8.26. The van der Waals surface area contributed by atoms with Gasteiger partial charge in [-0.1, -0.05) is 176 Å². The molecular formula is C53H35N3O. The second-order valence-corrected chi connectivity index (χ2v) is 14.6. The molecule has 0 saturated carbocycles. The number of nitrogens with zero attached hydrogens (tertiary/aromatic N) is 2. The fourth-order valence-corrected chi connectivity index (χ4v) is 8.26. The third-order valence-electron chi connectivity index (χ3n) is 11.2. The van der Waals surface area contributed by atoms with Gasteiger partial charge in [0.15, 0.2) is 5.84 Å². The van der Waals surface area contributed by atoms with Crippen LogP contribution in [-0.4, -0.2) is 11.7 Å². The third kappa shape index (κ3) is 5.87. The average molecular weight is 730 g/mol. The normalized spacial score (nSPS) is 14.1. The average Bonchev–Trinajstić information content (AvgIpc) is 3.68. The molecule has 10 aromatic rings.